The van der Waals surface area contributed by atoms with Crippen LogP contribution in [0.25, 0.3) is 16.4 Å². The summed E-state index contributed by atoms with van der Waals surface area (Å²) in [6.45, 7) is 0. The lowest BCUT2D eigenvalue weighted by molar-refractivity contribution is 0.469. The van der Waals surface area contributed by atoms with Crippen molar-refractivity contribution in [2.45, 2.75) is 0 Å². The van der Waals surface area contributed by atoms with Gasteiger partial charge in [0.05, 0.1) is 0 Å². The van der Waals surface area contributed by atoms with E-state index in [1.807, 2.05) is 0 Å². The third-order valence-electron chi connectivity index (χ3n) is 2.64. The third kappa shape index (κ3) is 2.34. The molecule has 9 heteroatoms. The maximum absolute atomic E-state index is 13.8. The van der Waals surface area contributed by atoms with Crippen molar-refractivity contribution in [2.75, 3.05) is 5.73 Å². The summed E-state index contributed by atoms with van der Waals surface area (Å²) in [6.07, 6.45) is 0. The van der Waals surface area contributed by atoms with Gasteiger partial charge in [-0.3, -0.25) is 4.79 Å². The summed E-state index contributed by atoms with van der Waals surface area (Å²) in [7, 11) is 0. The van der Waals surface area contributed by atoms with Gasteiger partial charge in [0.15, 0.2) is 16.5 Å². The maximum atomic E-state index is 13.8. The Labute approximate surface area is 121 Å². The molecular formula is C12H8FN5O2S. The molecule has 0 unspecified atom stereocenters. The smallest absolute Gasteiger partial charge is 0.275 e. The fourth-order valence-electron chi connectivity index (χ4n) is 1.73. The second-order valence-electron chi connectivity index (χ2n) is 4.03. The Morgan fingerprint density at radius 3 is 2.71 bits per heavy atom. The number of hydrogen-bond donors (Lipinski definition) is 2. The van der Waals surface area contributed by atoms with Crippen molar-refractivity contribution in [1.29, 1.82) is 0 Å². The first-order chi connectivity index (χ1) is 10.1. The molecule has 21 heavy (non-hydrogen) atoms. The van der Waals surface area contributed by atoms with Gasteiger partial charge in [-0.1, -0.05) is 23.5 Å². The van der Waals surface area contributed by atoms with E-state index in [9.17, 15) is 14.3 Å². The minimum atomic E-state index is -0.668. The van der Waals surface area contributed by atoms with Crippen LogP contribution in [-0.2, 0) is 0 Å². The van der Waals surface area contributed by atoms with Crippen LogP contribution in [-0.4, -0.2) is 25.1 Å². The molecule has 0 spiro atoms. The summed E-state index contributed by atoms with van der Waals surface area (Å²) in [5.74, 6) is -0.982. The first-order valence-corrected chi connectivity index (χ1v) is 6.55. The van der Waals surface area contributed by atoms with Gasteiger partial charge in [-0.15, -0.1) is 10.2 Å². The lowest BCUT2D eigenvalue weighted by Crippen LogP contribution is -2.21. The predicted molar refractivity (Wildman–Crippen MR) is 74.8 cm³/mol. The van der Waals surface area contributed by atoms with Crippen LogP contribution in [0.5, 0.6) is 5.75 Å². The van der Waals surface area contributed by atoms with E-state index in [4.69, 9.17) is 5.73 Å². The number of aromatic hydroxyl groups is 1. The van der Waals surface area contributed by atoms with Gasteiger partial charge in [0.25, 0.3) is 5.56 Å². The van der Waals surface area contributed by atoms with Gasteiger partial charge in [-0.2, -0.15) is 9.78 Å². The highest BCUT2D eigenvalue weighted by molar-refractivity contribution is 7.18. The number of nitrogens with zero attached hydrogens (tertiary/aromatic N) is 4. The second-order valence-corrected chi connectivity index (χ2v) is 5.03. The molecule has 106 valence electrons. The summed E-state index contributed by atoms with van der Waals surface area (Å²) < 4.78 is 14.6. The summed E-state index contributed by atoms with van der Waals surface area (Å²) >= 11 is 0.993. The van der Waals surface area contributed by atoms with Gasteiger partial charge in [0.1, 0.15) is 11.5 Å². The number of hydrogen-bond acceptors (Lipinski definition) is 7. The fraction of sp³-hybridized carbons (Fsp3) is 0. The number of nitrogen functional groups attached to an aromatic ring is 1. The standard InChI is InChI=1S/C12H8FN5O2S/c13-6-3-1-2-4-7(6)18-9(20)5-8(19)10(17-18)11-15-16-12(14)21-11/h1-5,19H,(H2,14,16). The number of rotatable bonds is 2. The lowest BCUT2D eigenvalue weighted by atomic mass is 10.3. The van der Waals surface area contributed by atoms with Gasteiger partial charge in [-0.25, -0.2) is 4.39 Å². The number of aromatic nitrogens is 4. The molecule has 0 fully saturated rings. The van der Waals surface area contributed by atoms with E-state index in [1.165, 1.54) is 18.2 Å². The van der Waals surface area contributed by atoms with Crippen LogP contribution in [0.2, 0.25) is 0 Å². The molecule has 0 aliphatic carbocycles. The molecule has 0 aliphatic rings. The van der Waals surface area contributed by atoms with Crippen molar-refractivity contribution in [3.63, 3.8) is 0 Å². The first kappa shape index (κ1) is 13.2. The average Bonchev–Trinajstić information content (AvgIpc) is 2.86. The molecule has 0 bridgehead atoms. The molecule has 3 N–H and O–H groups in total. The quantitative estimate of drug-likeness (QED) is 0.736. The Balaban J connectivity index is 2.24. The summed E-state index contributed by atoms with van der Waals surface area (Å²) in [5.41, 5.74) is 4.79. The molecule has 0 atom stereocenters. The van der Waals surface area contributed by atoms with Crippen molar-refractivity contribution in [3.05, 3.63) is 46.5 Å². The average molecular weight is 305 g/mol. The topological polar surface area (TPSA) is 107 Å². The van der Waals surface area contributed by atoms with Crippen LogP contribution in [0.15, 0.2) is 35.1 Å². The maximum Gasteiger partial charge on any atom is 0.275 e. The van der Waals surface area contributed by atoms with Crippen LogP contribution < -0.4 is 11.3 Å². The highest BCUT2D eigenvalue weighted by atomic mass is 32.1. The number of nitrogens with two attached hydrogens (primary N) is 1. The Morgan fingerprint density at radius 2 is 2.05 bits per heavy atom. The van der Waals surface area contributed by atoms with Crippen LogP contribution in [0, 0.1) is 5.82 Å². The van der Waals surface area contributed by atoms with Crippen molar-refractivity contribution in [3.8, 4) is 22.1 Å². The molecule has 0 saturated carbocycles. The highest BCUT2D eigenvalue weighted by Gasteiger charge is 2.16. The van der Waals surface area contributed by atoms with E-state index in [1.54, 1.807) is 6.07 Å². The second kappa shape index (κ2) is 4.94. The van der Waals surface area contributed by atoms with E-state index >= 15 is 0 Å². The zero-order valence-electron chi connectivity index (χ0n) is 10.4. The summed E-state index contributed by atoms with van der Waals surface area (Å²) in [6, 6.07) is 6.61. The zero-order chi connectivity index (χ0) is 15.0. The van der Waals surface area contributed by atoms with Crippen molar-refractivity contribution >= 4 is 16.5 Å². The number of halogens is 1. The molecule has 0 aliphatic heterocycles. The zero-order valence-corrected chi connectivity index (χ0v) is 11.2. The van der Waals surface area contributed by atoms with Crippen LogP contribution in [0.1, 0.15) is 0 Å². The molecule has 3 rings (SSSR count). The van der Waals surface area contributed by atoms with Gasteiger partial charge < -0.3 is 10.8 Å². The van der Waals surface area contributed by atoms with Crippen molar-refractivity contribution < 1.29 is 9.50 Å². The van der Waals surface area contributed by atoms with E-state index in [2.05, 4.69) is 15.3 Å². The molecule has 0 radical (unpaired) electrons. The summed E-state index contributed by atoms with van der Waals surface area (Å²) in [4.78, 5) is 11.9. The number of para-hydroxylation sites is 1. The Bertz CT molecular complexity index is 876. The molecule has 2 aromatic heterocycles. The largest absolute Gasteiger partial charge is 0.505 e. The van der Waals surface area contributed by atoms with E-state index in [0.717, 1.165) is 22.1 Å². The predicted octanol–water partition coefficient (Wildman–Crippen LogP) is 1.18. The van der Waals surface area contributed by atoms with Gasteiger partial charge in [-0.05, 0) is 12.1 Å². The minimum Gasteiger partial charge on any atom is -0.505 e. The molecule has 1 aromatic carbocycles. The first-order valence-electron chi connectivity index (χ1n) is 5.74. The Hall–Kier alpha value is -2.81. The normalized spacial score (nSPS) is 10.7. The molecule has 0 saturated heterocycles. The van der Waals surface area contributed by atoms with Crippen molar-refractivity contribution in [2.24, 2.45) is 0 Å². The van der Waals surface area contributed by atoms with Crippen molar-refractivity contribution in [1.82, 2.24) is 20.0 Å². The number of anilines is 1. The summed E-state index contributed by atoms with van der Waals surface area (Å²) in [5, 5.41) is 21.6. The molecule has 0 amide bonds. The Kier molecular flexibility index (Phi) is 3.10. The molecule has 3 aromatic rings. The van der Waals surface area contributed by atoms with Gasteiger partial charge in [0, 0.05) is 6.07 Å². The highest BCUT2D eigenvalue weighted by Crippen LogP contribution is 2.29. The van der Waals surface area contributed by atoms with Crippen LogP contribution >= 0.6 is 11.3 Å². The van der Waals surface area contributed by atoms with E-state index in [0.29, 0.717) is 0 Å². The van der Waals surface area contributed by atoms with E-state index < -0.39 is 11.4 Å². The van der Waals surface area contributed by atoms with Crippen LogP contribution in [0.4, 0.5) is 9.52 Å². The van der Waals surface area contributed by atoms with Gasteiger partial charge >= 0.3 is 0 Å². The fourth-order valence-corrected chi connectivity index (χ4v) is 2.33. The SMILES string of the molecule is Nc1nnc(-c2nn(-c3ccccc3F)c(=O)cc2O)s1. The van der Waals surface area contributed by atoms with Gasteiger partial charge in [0.2, 0.25) is 5.13 Å². The monoisotopic (exact) mass is 305 g/mol. The molecule has 7 nitrogen and oxygen atoms in total. The number of benzene rings is 1. The van der Waals surface area contributed by atoms with E-state index in [-0.39, 0.29) is 27.3 Å². The minimum absolute atomic E-state index is 0.00653. The third-order valence-corrected chi connectivity index (χ3v) is 3.39. The lowest BCUT2D eigenvalue weighted by Gasteiger charge is -2.07. The Morgan fingerprint density at radius 1 is 1.29 bits per heavy atom. The van der Waals surface area contributed by atoms with Crippen LogP contribution in [0.3, 0.4) is 0 Å². The molecular weight excluding hydrogens is 297 g/mol. The molecule has 2 heterocycles.